The predicted octanol–water partition coefficient (Wildman–Crippen LogP) is 4.08. The highest BCUT2D eigenvalue weighted by atomic mass is 19.1. The van der Waals surface area contributed by atoms with Crippen molar-refractivity contribution >= 4 is 23.0 Å². The zero-order valence-corrected chi connectivity index (χ0v) is 13.8. The van der Waals surface area contributed by atoms with E-state index in [1.165, 1.54) is 18.3 Å². The van der Waals surface area contributed by atoms with Gasteiger partial charge in [-0.05, 0) is 36.4 Å². The SMILES string of the molecule is O=C(Nc1c(F)cccc1F)c1cc(Nc2ccc3c(c2)OCO3)ccn1. The first-order valence-corrected chi connectivity index (χ1v) is 7.98. The topological polar surface area (TPSA) is 72.5 Å². The minimum atomic E-state index is -0.863. The molecule has 3 aromatic rings. The van der Waals surface area contributed by atoms with Crippen molar-refractivity contribution in [3.63, 3.8) is 0 Å². The number of rotatable bonds is 4. The quantitative estimate of drug-likeness (QED) is 0.725. The molecule has 1 amide bonds. The Morgan fingerprint density at radius 2 is 1.70 bits per heavy atom. The van der Waals surface area contributed by atoms with E-state index in [1.54, 1.807) is 24.3 Å². The van der Waals surface area contributed by atoms with Crippen LogP contribution in [0.5, 0.6) is 11.5 Å². The van der Waals surface area contributed by atoms with E-state index in [0.717, 1.165) is 17.8 Å². The summed E-state index contributed by atoms with van der Waals surface area (Å²) in [4.78, 5) is 16.3. The Bertz CT molecular complexity index is 1010. The molecule has 136 valence electrons. The number of benzene rings is 2. The third kappa shape index (κ3) is 3.50. The number of ether oxygens (including phenoxy) is 2. The van der Waals surface area contributed by atoms with Gasteiger partial charge in [0.15, 0.2) is 11.5 Å². The van der Waals surface area contributed by atoms with Crippen molar-refractivity contribution in [2.24, 2.45) is 0 Å². The summed E-state index contributed by atoms with van der Waals surface area (Å²) in [6, 6.07) is 11.8. The van der Waals surface area contributed by atoms with Crippen LogP contribution >= 0.6 is 0 Å². The number of para-hydroxylation sites is 1. The monoisotopic (exact) mass is 369 g/mol. The van der Waals surface area contributed by atoms with Crippen molar-refractivity contribution in [1.82, 2.24) is 4.98 Å². The smallest absolute Gasteiger partial charge is 0.274 e. The first-order chi connectivity index (χ1) is 13.1. The van der Waals surface area contributed by atoms with Crippen LogP contribution in [0, 0.1) is 11.6 Å². The summed E-state index contributed by atoms with van der Waals surface area (Å²) in [5.74, 6) is -1.19. The van der Waals surface area contributed by atoms with E-state index in [4.69, 9.17) is 9.47 Å². The van der Waals surface area contributed by atoms with Gasteiger partial charge in [0.1, 0.15) is 23.0 Å². The number of nitrogens with one attached hydrogen (secondary N) is 2. The van der Waals surface area contributed by atoms with Gasteiger partial charge in [-0.2, -0.15) is 0 Å². The number of hydrogen-bond donors (Lipinski definition) is 2. The number of aromatic nitrogens is 1. The number of anilines is 3. The first kappa shape index (κ1) is 16.8. The summed E-state index contributed by atoms with van der Waals surface area (Å²) in [5.41, 5.74) is 0.779. The van der Waals surface area contributed by atoms with E-state index < -0.39 is 23.2 Å². The molecule has 0 bridgehead atoms. The Hall–Kier alpha value is -3.68. The van der Waals surface area contributed by atoms with Crippen LogP contribution in [0.1, 0.15) is 10.5 Å². The third-order valence-electron chi connectivity index (χ3n) is 3.86. The molecule has 4 rings (SSSR count). The van der Waals surface area contributed by atoms with Gasteiger partial charge in [-0.25, -0.2) is 8.78 Å². The second-order valence-electron chi connectivity index (χ2n) is 5.67. The second-order valence-corrected chi connectivity index (χ2v) is 5.67. The van der Waals surface area contributed by atoms with E-state index in [0.29, 0.717) is 17.2 Å². The minimum Gasteiger partial charge on any atom is -0.454 e. The average molecular weight is 369 g/mol. The highest BCUT2D eigenvalue weighted by Crippen LogP contribution is 2.35. The molecule has 0 saturated heterocycles. The number of carbonyl (C=O) groups is 1. The molecule has 0 saturated carbocycles. The number of nitrogens with zero attached hydrogens (tertiary/aromatic N) is 1. The molecule has 2 heterocycles. The molecule has 0 radical (unpaired) electrons. The van der Waals surface area contributed by atoms with Crippen LogP contribution in [-0.4, -0.2) is 17.7 Å². The van der Waals surface area contributed by atoms with E-state index in [2.05, 4.69) is 15.6 Å². The molecule has 1 aliphatic heterocycles. The molecule has 6 nitrogen and oxygen atoms in total. The van der Waals surface area contributed by atoms with Crippen molar-refractivity contribution in [2.45, 2.75) is 0 Å². The van der Waals surface area contributed by atoms with Crippen molar-refractivity contribution < 1.29 is 23.0 Å². The maximum Gasteiger partial charge on any atom is 0.274 e. The van der Waals surface area contributed by atoms with Crippen LogP contribution in [0.3, 0.4) is 0 Å². The highest BCUT2D eigenvalue weighted by molar-refractivity contribution is 6.03. The molecule has 2 aromatic carbocycles. The van der Waals surface area contributed by atoms with Gasteiger partial charge in [0, 0.05) is 23.6 Å². The molecular weight excluding hydrogens is 356 g/mol. The first-order valence-electron chi connectivity index (χ1n) is 7.98. The number of carbonyl (C=O) groups excluding carboxylic acids is 1. The lowest BCUT2D eigenvalue weighted by atomic mass is 10.2. The number of amides is 1. The molecule has 1 aromatic heterocycles. The molecule has 2 N–H and O–H groups in total. The third-order valence-corrected chi connectivity index (χ3v) is 3.86. The normalized spacial score (nSPS) is 11.9. The largest absolute Gasteiger partial charge is 0.454 e. The summed E-state index contributed by atoms with van der Waals surface area (Å²) in [6.07, 6.45) is 1.42. The van der Waals surface area contributed by atoms with Crippen LogP contribution in [0.25, 0.3) is 0 Å². The molecule has 0 unspecified atom stereocenters. The lowest BCUT2D eigenvalue weighted by Gasteiger charge is -2.10. The molecule has 0 spiro atoms. The maximum absolute atomic E-state index is 13.7. The van der Waals surface area contributed by atoms with Crippen LogP contribution in [0.2, 0.25) is 0 Å². The number of fused-ring (bicyclic) bond motifs is 1. The van der Waals surface area contributed by atoms with Crippen LogP contribution in [0.15, 0.2) is 54.7 Å². The number of hydrogen-bond acceptors (Lipinski definition) is 5. The van der Waals surface area contributed by atoms with Gasteiger partial charge >= 0.3 is 0 Å². The lowest BCUT2D eigenvalue weighted by molar-refractivity contribution is 0.102. The lowest BCUT2D eigenvalue weighted by Crippen LogP contribution is -2.16. The average Bonchev–Trinajstić information content (AvgIpc) is 3.13. The van der Waals surface area contributed by atoms with E-state index >= 15 is 0 Å². The fraction of sp³-hybridized carbons (Fsp3) is 0.0526. The Labute approximate surface area is 152 Å². The van der Waals surface area contributed by atoms with Gasteiger partial charge < -0.3 is 20.1 Å². The van der Waals surface area contributed by atoms with Gasteiger partial charge in [0.05, 0.1) is 0 Å². The predicted molar refractivity (Wildman–Crippen MR) is 94.4 cm³/mol. The Balaban J connectivity index is 1.53. The van der Waals surface area contributed by atoms with Crippen LogP contribution < -0.4 is 20.1 Å². The fourth-order valence-electron chi connectivity index (χ4n) is 2.57. The molecular formula is C19H13F2N3O3. The summed E-state index contributed by atoms with van der Waals surface area (Å²) >= 11 is 0. The zero-order chi connectivity index (χ0) is 18.8. The molecule has 0 aliphatic carbocycles. The molecule has 0 atom stereocenters. The number of pyridine rings is 1. The Morgan fingerprint density at radius 1 is 0.963 bits per heavy atom. The van der Waals surface area contributed by atoms with Crippen LogP contribution in [-0.2, 0) is 0 Å². The summed E-state index contributed by atoms with van der Waals surface area (Å²) < 4.78 is 38.0. The molecule has 8 heteroatoms. The molecule has 0 fully saturated rings. The van der Waals surface area contributed by atoms with E-state index in [1.807, 2.05) is 0 Å². The van der Waals surface area contributed by atoms with Gasteiger partial charge in [0.2, 0.25) is 6.79 Å². The summed E-state index contributed by atoms with van der Waals surface area (Å²) in [5, 5.41) is 5.32. The minimum absolute atomic E-state index is 0.00314. The second kappa shape index (κ2) is 6.91. The Kier molecular flexibility index (Phi) is 4.29. The Morgan fingerprint density at radius 3 is 2.52 bits per heavy atom. The van der Waals surface area contributed by atoms with Gasteiger partial charge in [-0.1, -0.05) is 6.07 Å². The van der Waals surface area contributed by atoms with Crippen molar-refractivity contribution in [1.29, 1.82) is 0 Å². The zero-order valence-electron chi connectivity index (χ0n) is 13.8. The van der Waals surface area contributed by atoms with Gasteiger partial charge in [0.25, 0.3) is 5.91 Å². The fourth-order valence-corrected chi connectivity index (χ4v) is 2.57. The summed E-state index contributed by atoms with van der Waals surface area (Å²) in [6.45, 7) is 0.172. The molecule has 1 aliphatic rings. The van der Waals surface area contributed by atoms with Crippen molar-refractivity contribution in [3.8, 4) is 11.5 Å². The maximum atomic E-state index is 13.7. The van der Waals surface area contributed by atoms with Crippen molar-refractivity contribution in [2.75, 3.05) is 17.4 Å². The number of halogens is 2. The molecule has 27 heavy (non-hydrogen) atoms. The van der Waals surface area contributed by atoms with Gasteiger partial charge in [-0.3, -0.25) is 9.78 Å². The van der Waals surface area contributed by atoms with E-state index in [9.17, 15) is 13.6 Å². The standard InChI is InChI=1S/C19H13F2N3O3/c20-13-2-1-3-14(21)18(13)24-19(25)15-8-12(6-7-22-15)23-11-4-5-16-17(9-11)27-10-26-16/h1-9H,10H2,(H,22,23)(H,24,25). The van der Waals surface area contributed by atoms with Crippen molar-refractivity contribution in [3.05, 3.63) is 72.1 Å². The highest BCUT2D eigenvalue weighted by Gasteiger charge is 2.16. The van der Waals surface area contributed by atoms with Crippen LogP contribution in [0.4, 0.5) is 25.8 Å². The van der Waals surface area contributed by atoms with E-state index in [-0.39, 0.29) is 12.5 Å². The summed E-state index contributed by atoms with van der Waals surface area (Å²) in [7, 11) is 0. The van der Waals surface area contributed by atoms with Gasteiger partial charge in [-0.15, -0.1) is 0 Å².